The highest BCUT2D eigenvalue weighted by atomic mass is 16.5. The Bertz CT molecular complexity index is 692. The fraction of sp³-hybridized carbons (Fsp3) is 0.143. The second-order valence-corrected chi connectivity index (χ2v) is 4.14. The predicted molar refractivity (Wildman–Crippen MR) is 73.3 cm³/mol. The van der Waals surface area contributed by atoms with E-state index in [2.05, 4.69) is 15.4 Å². The average molecular weight is 254 g/mol. The first-order valence-corrected chi connectivity index (χ1v) is 6.02. The lowest BCUT2D eigenvalue weighted by Crippen LogP contribution is -2.03. The molecule has 0 unspecified atom stereocenters. The molecule has 0 fully saturated rings. The maximum Gasteiger partial charge on any atom is 0.152 e. The van der Waals surface area contributed by atoms with Crippen molar-refractivity contribution in [3.8, 4) is 5.75 Å². The first-order valence-electron chi connectivity index (χ1n) is 6.02. The molecular weight excluding hydrogens is 240 g/mol. The lowest BCUT2D eigenvalue weighted by atomic mass is 10.2. The van der Waals surface area contributed by atoms with Crippen LogP contribution in [0.5, 0.6) is 5.75 Å². The third-order valence-electron chi connectivity index (χ3n) is 2.92. The van der Waals surface area contributed by atoms with Gasteiger partial charge in [0.2, 0.25) is 0 Å². The Kier molecular flexibility index (Phi) is 3.02. The molecule has 0 aliphatic heterocycles. The zero-order chi connectivity index (χ0) is 13.1. The molecule has 19 heavy (non-hydrogen) atoms. The Labute approximate surface area is 110 Å². The minimum Gasteiger partial charge on any atom is -0.497 e. The summed E-state index contributed by atoms with van der Waals surface area (Å²) < 4.78 is 7.00. The maximum absolute atomic E-state index is 5.21. The van der Waals surface area contributed by atoms with E-state index in [9.17, 15) is 0 Å². The Balaban J connectivity index is 1.80. The Morgan fingerprint density at radius 3 is 3.11 bits per heavy atom. The predicted octanol–water partition coefficient (Wildman–Crippen LogP) is 2.35. The number of nitrogens with one attached hydrogen (secondary N) is 1. The van der Waals surface area contributed by atoms with Crippen LogP contribution in [0.1, 0.15) is 5.56 Å². The van der Waals surface area contributed by atoms with Crippen molar-refractivity contribution in [2.75, 3.05) is 12.4 Å². The number of hydrogen-bond donors (Lipinski definition) is 1. The van der Waals surface area contributed by atoms with Crippen LogP contribution in [0, 0.1) is 0 Å². The molecule has 1 aromatic carbocycles. The largest absolute Gasteiger partial charge is 0.497 e. The van der Waals surface area contributed by atoms with E-state index in [1.54, 1.807) is 24.0 Å². The van der Waals surface area contributed by atoms with Crippen LogP contribution in [0.15, 0.2) is 48.9 Å². The van der Waals surface area contributed by atoms with Gasteiger partial charge in [-0.1, -0.05) is 12.1 Å². The van der Waals surface area contributed by atoms with Gasteiger partial charge in [-0.25, -0.2) is 9.50 Å². The third-order valence-corrected chi connectivity index (χ3v) is 2.92. The molecule has 0 bridgehead atoms. The molecule has 5 nitrogen and oxygen atoms in total. The van der Waals surface area contributed by atoms with E-state index in [-0.39, 0.29) is 0 Å². The molecule has 0 amide bonds. The van der Waals surface area contributed by atoms with Crippen LogP contribution >= 0.6 is 0 Å². The van der Waals surface area contributed by atoms with Crippen LogP contribution in [0.2, 0.25) is 0 Å². The maximum atomic E-state index is 5.21. The first-order chi connectivity index (χ1) is 9.36. The van der Waals surface area contributed by atoms with Gasteiger partial charge in [0.25, 0.3) is 0 Å². The highest BCUT2D eigenvalue weighted by Gasteiger charge is 2.03. The number of aromatic nitrogens is 3. The van der Waals surface area contributed by atoms with E-state index in [1.807, 2.05) is 36.5 Å². The van der Waals surface area contributed by atoms with Crippen LogP contribution in [-0.4, -0.2) is 21.7 Å². The van der Waals surface area contributed by atoms with E-state index in [0.29, 0.717) is 6.54 Å². The number of benzene rings is 1. The summed E-state index contributed by atoms with van der Waals surface area (Å²) in [5.41, 5.74) is 2.10. The molecule has 96 valence electrons. The molecule has 0 saturated carbocycles. The summed E-state index contributed by atoms with van der Waals surface area (Å²) in [7, 11) is 1.67. The fourth-order valence-corrected chi connectivity index (χ4v) is 1.96. The smallest absolute Gasteiger partial charge is 0.152 e. The monoisotopic (exact) mass is 254 g/mol. The Hall–Kier alpha value is -2.56. The molecular formula is C14H14N4O. The van der Waals surface area contributed by atoms with E-state index in [0.717, 1.165) is 22.6 Å². The number of methoxy groups -OCH3 is 1. The number of rotatable bonds is 4. The second-order valence-electron chi connectivity index (χ2n) is 4.14. The molecule has 3 aromatic rings. The Morgan fingerprint density at radius 1 is 1.26 bits per heavy atom. The number of anilines is 1. The molecule has 5 heteroatoms. The van der Waals surface area contributed by atoms with Crippen LogP contribution < -0.4 is 10.1 Å². The topological polar surface area (TPSA) is 51.5 Å². The van der Waals surface area contributed by atoms with Gasteiger partial charge in [0, 0.05) is 18.9 Å². The van der Waals surface area contributed by atoms with Gasteiger partial charge in [0.05, 0.1) is 13.3 Å². The molecule has 2 aromatic heterocycles. The molecule has 0 atom stereocenters. The number of ether oxygens (including phenoxy) is 1. The van der Waals surface area contributed by atoms with Gasteiger partial charge in [0.15, 0.2) is 5.82 Å². The number of fused-ring (bicyclic) bond motifs is 1. The molecule has 0 aliphatic carbocycles. The summed E-state index contributed by atoms with van der Waals surface area (Å²) in [4.78, 5) is 4.33. The summed E-state index contributed by atoms with van der Waals surface area (Å²) in [6.45, 7) is 0.690. The number of nitrogens with zero attached hydrogens (tertiary/aromatic N) is 3. The summed E-state index contributed by atoms with van der Waals surface area (Å²) in [6, 6.07) is 9.89. The van der Waals surface area contributed by atoms with E-state index >= 15 is 0 Å². The molecule has 3 rings (SSSR count). The molecule has 0 saturated heterocycles. The van der Waals surface area contributed by atoms with Crippen LogP contribution in [0.4, 0.5) is 5.82 Å². The lowest BCUT2D eigenvalue weighted by Gasteiger charge is -2.08. The fourth-order valence-electron chi connectivity index (χ4n) is 1.96. The quantitative estimate of drug-likeness (QED) is 0.776. The third kappa shape index (κ3) is 2.35. The van der Waals surface area contributed by atoms with Gasteiger partial charge < -0.3 is 10.1 Å². The van der Waals surface area contributed by atoms with Gasteiger partial charge in [-0.15, -0.1) is 0 Å². The van der Waals surface area contributed by atoms with Crippen molar-refractivity contribution in [2.24, 2.45) is 0 Å². The summed E-state index contributed by atoms with van der Waals surface area (Å²) in [6.07, 6.45) is 5.31. The van der Waals surface area contributed by atoms with Gasteiger partial charge in [0.1, 0.15) is 11.3 Å². The van der Waals surface area contributed by atoms with Crippen LogP contribution in [-0.2, 0) is 6.54 Å². The number of hydrogen-bond acceptors (Lipinski definition) is 4. The zero-order valence-electron chi connectivity index (χ0n) is 10.6. The van der Waals surface area contributed by atoms with E-state index in [4.69, 9.17) is 4.74 Å². The van der Waals surface area contributed by atoms with Crippen molar-refractivity contribution in [2.45, 2.75) is 6.54 Å². The van der Waals surface area contributed by atoms with E-state index in [1.165, 1.54) is 0 Å². The van der Waals surface area contributed by atoms with Crippen molar-refractivity contribution >= 4 is 11.3 Å². The van der Waals surface area contributed by atoms with Crippen molar-refractivity contribution in [1.82, 2.24) is 14.6 Å². The zero-order valence-corrected chi connectivity index (χ0v) is 10.6. The normalized spacial score (nSPS) is 10.6. The molecule has 0 aliphatic rings. The van der Waals surface area contributed by atoms with Crippen molar-refractivity contribution in [1.29, 1.82) is 0 Å². The van der Waals surface area contributed by atoms with E-state index < -0.39 is 0 Å². The summed E-state index contributed by atoms with van der Waals surface area (Å²) >= 11 is 0. The van der Waals surface area contributed by atoms with Crippen molar-refractivity contribution < 1.29 is 4.74 Å². The van der Waals surface area contributed by atoms with Gasteiger partial charge in [-0.3, -0.25) is 0 Å². The van der Waals surface area contributed by atoms with Crippen molar-refractivity contribution in [3.63, 3.8) is 0 Å². The molecule has 0 spiro atoms. The summed E-state index contributed by atoms with van der Waals surface area (Å²) in [5, 5.41) is 7.49. The molecule has 1 N–H and O–H groups in total. The van der Waals surface area contributed by atoms with Crippen LogP contribution in [0.3, 0.4) is 0 Å². The molecule has 0 radical (unpaired) electrons. The highest BCUT2D eigenvalue weighted by Crippen LogP contribution is 2.16. The summed E-state index contributed by atoms with van der Waals surface area (Å²) in [5.74, 6) is 1.68. The van der Waals surface area contributed by atoms with Gasteiger partial charge in [-0.05, 0) is 23.8 Å². The SMILES string of the molecule is COc1cccc(CNc2nccn3nccc23)c1. The van der Waals surface area contributed by atoms with Crippen LogP contribution in [0.25, 0.3) is 5.52 Å². The minimum atomic E-state index is 0.690. The lowest BCUT2D eigenvalue weighted by molar-refractivity contribution is 0.414. The average Bonchev–Trinajstić information content (AvgIpc) is 2.94. The highest BCUT2D eigenvalue weighted by molar-refractivity contribution is 5.66. The molecule has 2 heterocycles. The minimum absolute atomic E-state index is 0.690. The first kappa shape index (κ1) is 11.5. The van der Waals surface area contributed by atoms with Gasteiger partial charge >= 0.3 is 0 Å². The van der Waals surface area contributed by atoms with Crippen molar-refractivity contribution in [3.05, 3.63) is 54.5 Å². The Morgan fingerprint density at radius 2 is 2.21 bits per heavy atom. The van der Waals surface area contributed by atoms with Gasteiger partial charge in [-0.2, -0.15) is 5.10 Å². The second kappa shape index (κ2) is 4.97. The standard InChI is InChI=1S/C14H14N4O/c1-19-12-4-2-3-11(9-12)10-16-14-13-5-6-17-18(13)8-7-15-14/h2-9H,10H2,1H3,(H,15,16).